The van der Waals surface area contributed by atoms with E-state index < -0.39 is 0 Å². The lowest BCUT2D eigenvalue weighted by Gasteiger charge is -2.17. The molecular formula is C15H19N3O3. The van der Waals surface area contributed by atoms with E-state index in [-0.39, 0.29) is 18.4 Å². The zero-order valence-electron chi connectivity index (χ0n) is 11.9. The van der Waals surface area contributed by atoms with E-state index in [0.29, 0.717) is 24.7 Å². The molecule has 0 fully saturated rings. The molecule has 0 amide bonds. The van der Waals surface area contributed by atoms with Crippen molar-refractivity contribution in [2.45, 2.75) is 19.4 Å². The second-order valence-corrected chi connectivity index (χ2v) is 4.57. The van der Waals surface area contributed by atoms with Gasteiger partial charge in [-0.15, -0.1) is 0 Å². The standard InChI is InChI=1S/C15H19N3O3/c1-2-21-15-8-14(16-10-17-15)18-12(9-19)7-11-3-5-13(20)6-4-11/h3-6,8,10,12,19-20H,2,7,9H2,1H3,(H,16,17,18)/t12-/m0/s1. The molecule has 0 aliphatic heterocycles. The average Bonchev–Trinajstić information content (AvgIpc) is 2.49. The quantitative estimate of drug-likeness (QED) is 0.717. The Morgan fingerprint density at radius 3 is 2.67 bits per heavy atom. The largest absolute Gasteiger partial charge is 0.508 e. The number of rotatable bonds is 7. The highest BCUT2D eigenvalue weighted by atomic mass is 16.5. The molecule has 2 rings (SSSR count). The monoisotopic (exact) mass is 289 g/mol. The predicted molar refractivity (Wildman–Crippen MR) is 79.5 cm³/mol. The molecule has 112 valence electrons. The fourth-order valence-corrected chi connectivity index (χ4v) is 1.93. The van der Waals surface area contributed by atoms with Gasteiger partial charge in [-0.25, -0.2) is 9.97 Å². The number of aliphatic hydroxyl groups excluding tert-OH is 1. The smallest absolute Gasteiger partial charge is 0.218 e. The Labute approximate surface area is 123 Å². The number of nitrogens with zero attached hydrogens (tertiary/aromatic N) is 2. The second kappa shape index (κ2) is 7.44. The summed E-state index contributed by atoms with van der Waals surface area (Å²) in [4.78, 5) is 8.10. The van der Waals surface area contributed by atoms with E-state index in [0.717, 1.165) is 5.56 Å². The van der Waals surface area contributed by atoms with Crippen LogP contribution in [0, 0.1) is 0 Å². The third kappa shape index (κ3) is 4.61. The summed E-state index contributed by atoms with van der Waals surface area (Å²) in [6.07, 6.45) is 2.03. The summed E-state index contributed by atoms with van der Waals surface area (Å²) in [6, 6.07) is 8.42. The van der Waals surface area contributed by atoms with Crippen LogP contribution in [0.25, 0.3) is 0 Å². The highest BCUT2D eigenvalue weighted by molar-refractivity contribution is 5.39. The van der Waals surface area contributed by atoms with Crippen LogP contribution in [0.15, 0.2) is 36.7 Å². The first kappa shape index (κ1) is 15.1. The first-order valence-corrected chi connectivity index (χ1v) is 6.81. The van der Waals surface area contributed by atoms with E-state index in [1.165, 1.54) is 6.33 Å². The van der Waals surface area contributed by atoms with Crippen LogP contribution in [0.1, 0.15) is 12.5 Å². The minimum atomic E-state index is -0.182. The third-order valence-corrected chi connectivity index (χ3v) is 2.93. The van der Waals surface area contributed by atoms with Crippen molar-refractivity contribution in [3.05, 3.63) is 42.2 Å². The minimum Gasteiger partial charge on any atom is -0.508 e. The minimum absolute atomic E-state index is 0.0329. The van der Waals surface area contributed by atoms with Crippen molar-refractivity contribution >= 4 is 5.82 Å². The van der Waals surface area contributed by atoms with Crippen LogP contribution in [-0.2, 0) is 6.42 Å². The molecule has 0 aliphatic carbocycles. The highest BCUT2D eigenvalue weighted by Crippen LogP contribution is 2.15. The molecule has 3 N–H and O–H groups in total. The van der Waals surface area contributed by atoms with Crippen molar-refractivity contribution < 1.29 is 14.9 Å². The normalized spacial score (nSPS) is 11.9. The molecule has 21 heavy (non-hydrogen) atoms. The van der Waals surface area contributed by atoms with Crippen LogP contribution in [0.3, 0.4) is 0 Å². The number of phenols is 1. The van der Waals surface area contributed by atoms with Gasteiger partial charge >= 0.3 is 0 Å². The van der Waals surface area contributed by atoms with Gasteiger partial charge in [0.15, 0.2) is 0 Å². The fourth-order valence-electron chi connectivity index (χ4n) is 1.93. The molecule has 1 heterocycles. The van der Waals surface area contributed by atoms with Gasteiger partial charge in [-0.2, -0.15) is 0 Å². The number of aliphatic hydroxyl groups is 1. The van der Waals surface area contributed by atoms with Crippen LogP contribution >= 0.6 is 0 Å². The van der Waals surface area contributed by atoms with Crippen molar-refractivity contribution in [3.63, 3.8) is 0 Å². The van der Waals surface area contributed by atoms with Gasteiger partial charge < -0.3 is 20.3 Å². The molecule has 0 unspecified atom stereocenters. The van der Waals surface area contributed by atoms with Crippen LogP contribution in [0.5, 0.6) is 11.6 Å². The van der Waals surface area contributed by atoms with Gasteiger partial charge in [-0.1, -0.05) is 12.1 Å². The molecule has 0 aliphatic rings. The molecule has 0 saturated carbocycles. The highest BCUT2D eigenvalue weighted by Gasteiger charge is 2.10. The van der Waals surface area contributed by atoms with Crippen LogP contribution in [-0.4, -0.2) is 39.4 Å². The van der Waals surface area contributed by atoms with Gasteiger partial charge in [-0.05, 0) is 31.0 Å². The number of aromatic hydroxyl groups is 1. The summed E-state index contributed by atoms with van der Waals surface area (Å²) in [5.41, 5.74) is 1.01. The van der Waals surface area contributed by atoms with Gasteiger partial charge in [0.2, 0.25) is 5.88 Å². The molecule has 1 aromatic heterocycles. The Morgan fingerprint density at radius 1 is 1.24 bits per heavy atom. The number of ether oxygens (including phenoxy) is 1. The molecule has 0 saturated heterocycles. The van der Waals surface area contributed by atoms with Crippen LogP contribution in [0.4, 0.5) is 5.82 Å². The lowest BCUT2D eigenvalue weighted by atomic mass is 10.1. The van der Waals surface area contributed by atoms with E-state index in [1.807, 2.05) is 19.1 Å². The maximum absolute atomic E-state index is 9.49. The summed E-state index contributed by atoms with van der Waals surface area (Å²) in [5, 5.41) is 21.9. The van der Waals surface area contributed by atoms with Crippen molar-refractivity contribution in [2.75, 3.05) is 18.5 Å². The third-order valence-electron chi connectivity index (χ3n) is 2.93. The van der Waals surface area contributed by atoms with E-state index in [4.69, 9.17) is 4.74 Å². The second-order valence-electron chi connectivity index (χ2n) is 4.57. The summed E-state index contributed by atoms with van der Waals surface area (Å²) >= 11 is 0. The van der Waals surface area contributed by atoms with Gasteiger partial charge in [0.05, 0.1) is 19.3 Å². The van der Waals surface area contributed by atoms with E-state index in [9.17, 15) is 10.2 Å². The Balaban J connectivity index is 2.01. The van der Waals surface area contributed by atoms with E-state index >= 15 is 0 Å². The summed E-state index contributed by atoms with van der Waals surface area (Å²) in [6.45, 7) is 2.39. The van der Waals surface area contributed by atoms with Crippen LogP contribution in [0.2, 0.25) is 0 Å². The number of aromatic nitrogens is 2. The van der Waals surface area contributed by atoms with Gasteiger partial charge in [-0.3, -0.25) is 0 Å². The number of hydrogen-bond donors (Lipinski definition) is 3. The summed E-state index contributed by atoms with van der Waals surface area (Å²) in [5.74, 6) is 1.33. The van der Waals surface area contributed by atoms with Gasteiger partial charge in [0.25, 0.3) is 0 Å². The zero-order chi connectivity index (χ0) is 15.1. The maximum atomic E-state index is 9.49. The van der Waals surface area contributed by atoms with Crippen LogP contribution < -0.4 is 10.1 Å². The molecule has 6 nitrogen and oxygen atoms in total. The Bertz CT molecular complexity index is 560. The van der Waals surface area contributed by atoms with Crippen molar-refractivity contribution in [1.29, 1.82) is 0 Å². The van der Waals surface area contributed by atoms with Crippen molar-refractivity contribution in [2.24, 2.45) is 0 Å². The van der Waals surface area contributed by atoms with E-state index in [2.05, 4.69) is 15.3 Å². The van der Waals surface area contributed by atoms with Gasteiger partial charge in [0.1, 0.15) is 17.9 Å². The zero-order valence-corrected chi connectivity index (χ0v) is 11.9. The average molecular weight is 289 g/mol. The van der Waals surface area contributed by atoms with Crippen molar-refractivity contribution in [1.82, 2.24) is 9.97 Å². The van der Waals surface area contributed by atoms with Crippen molar-refractivity contribution in [3.8, 4) is 11.6 Å². The fraction of sp³-hybridized carbons (Fsp3) is 0.333. The van der Waals surface area contributed by atoms with E-state index in [1.54, 1.807) is 18.2 Å². The topological polar surface area (TPSA) is 87.5 Å². The Hall–Kier alpha value is -2.34. The molecule has 1 aromatic carbocycles. The molecule has 1 atom stereocenters. The SMILES string of the molecule is CCOc1cc(N[C@H](CO)Cc2ccc(O)cc2)ncn1. The molecule has 0 spiro atoms. The maximum Gasteiger partial charge on any atom is 0.218 e. The molecule has 0 radical (unpaired) electrons. The number of phenolic OH excluding ortho intramolecular Hbond substituents is 1. The Morgan fingerprint density at radius 2 is 2.00 bits per heavy atom. The lowest BCUT2D eigenvalue weighted by Crippen LogP contribution is -2.26. The van der Waals surface area contributed by atoms with Gasteiger partial charge in [0, 0.05) is 6.07 Å². The molecule has 6 heteroatoms. The lowest BCUT2D eigenvalue weighted by molar-refractivity contribution is 0.273. The molecule has 2 aromatic rings. The first-order chi connectivity index (χ1) is 10.2. The number of nitrogens with one attached hydrogen (secondary N) is 1. The number of benzene rings is 1. The number of hydrogen-bond acceptors (Lipinski definition) is 6. The predicted octanol–water partition coefficient (Wildman–Crippen LogP) is 1.60. The Kier molecular flexibility index (Phi) is 5.34. The molecular weight excluding hydrogens is 270 g/mol. The summed E-state index contributed by atoms with van der Waals surface area (Å²) in [7, 11) is 0. The number of anilines is 1. The molecule has 0 bridgehead atoms. The summed E-state index contributed by atoms with van der Waals surface area (Å²) < 4.78 is 5.31. The first-order valence-electron chi connectivity index (χ1n) is 6.81.